The summed E-state index contributed by atoms with van der Waals surface area (Å²) in [5.74, 6) is 0.265. The minimum absolute atomic E-state index is 0.265. The van der Waals surface area contributed by atoms with E-state index < -0.39 is 0 Å². The lowest BCUT2D eigenvalue weighted by atomic mass is 9.88. The van der Waals surface area contributed by atoms with Gasteiger partial charge in [0, 0.05) is 17.0 Å². The summed E-state index contributed by atoms with van der Waals surface area (Å²) < 4.78 is 0. The average molecular weight is 195 g/mol. The molecule has 2 heteroatoms. The maximum absolute atomic E-state index is 11.5. The predicted octanol–water partition coefficient (Wildman–Crippen LogP) is 3.17. The molecule has 1 aliphatic carbocycles. The molecule has 1 aliphatic rings. The first-order chi connectivity index (χ1) is 6.20. The molecule has 0 aromatic heterocycles. The topological polar surface area (TPSA) is 17.1 Å². The van der Waals surface area contributed by atoms with Crippen molar-refractivity contribution in [3.05, 3.63) is 33.8 Å². The van der Waals surface area contributed by atoms with Gasteiger partial charge in [-0.3, -0.25) is 4.79 Å². The van der Waals surface area contributed by atoms with Crippen LogP contribution in [0.5, 0.6) is 0 Å². The van der Waals surface area contributed by atoms with E-state index in [-0.39, 0.29) is 5.78 Å². The van der Waals surface area contributed by atoms with Crippen LogP contribution < -0.4 is 0 Å². The van der Waals surface area contributed by atoms with E-state index in [1.165, 1.54) is 0 Å². The molecule has 0 fully saturated rings. The van der Waals surface area contributed by atoms with Crippen molar-refractivity contribution in [2.75, 3.05) is 0 Å². The number of fused-ring (bicyclic) bond motifs is 1. The Kier molecular flexibility index (Phi) is 2.12. The molecule has 1 aromatic rings. The maximum Gasteiger partial charge on any atom is 0.163 e. The molecule has 0 amide bonds. The fraction of sp³-hybridized carbons (Fsp3) is 0.364. The predicted molar refractivity (Wildman–Crippen MR) is 53.5 cm³/mol. The Bertz CT molecular complexity index is 369. The van der Waals surface area contributed by atoms with Crippen LogP contribution in [0.1, 0.15) is 34.3 Å². The van der Waals surface area contributed by atoms with Gasteiger partial charge in [0.05, 0.1) is 0 Å². The Morgan fingerprint density at radius 1 is 1.31 bits per heavy atom. The lowest BCUT2D eigenvalue weighted by Crippen LogP contribution is -2.12. The SMILES string of the molecule is Cc1c(Cl)ccc2c1CCCC2=O. The number of halogens is 1. The first-order valence-corrected chi connectivity index (χ1v) is 4.89. The Morgan fingerprint density at radius 2 is 2.08 bits per heavy atom. The molecule has 0 unspecified atom stereocenters. The molecule has 0 radical (unpaired) electrons. The number of hydrogen-bond donors (Lipinski definition) is 0. The molecule has 2 rings (SSSR count). The van der Waals surface area contributed by atoms with Gasteiger partial charge in [-0.05, 0) is 43.0 Å². The monoisotopic (exact) mass is 194 g/mol. The summed E-state index contributed by atoms with van der Waals surface area (Å²) in [6.45, 7) is 1.99. The minimum atomic E-state index is 0.265. The largest absolute Gasteiger partial charge is 0.294 e. The maximum atomic E-state index is 11.5. The zero-order valence-corrected chi connectivity index (χ0v) is 8.32. The Hall–Kier alpha value is -0.820. The van der Waals surface area contributed by atoms with Gasteiger partial charge in [-0.15, -0.1) is 0 Å². The van der Waals surface area contributed by atoms with Crippen molar-refractivity contribution in [1.29, 1.82) is 0 Å². The van der Waals surface area contributed by atoms with Gasteiger partial charge in [-0.25, -0.2) is 0 Å². The van der Waals surface area contributed by atoms with E-state index in [4.69, 9.17) is 11.6 Å². The molecule has 0 spiro atoms. The van der Waals surface area contributed by atoms with E-state index in [0.717, 1.165) is 34.6 Å². The van der Waals surface area contributed by atoms with E-state index in [1.54, 1.807) is 0 Å². The first-order valence-electron chi connectivity index (χ1n) is 4.51. The van der Waals surface area contributed by atoms with Crippen molar-refractivity contribution in [3.63, 3.8) is 0 Å². The molecule has 68 valence electrons. The van der Waals surface area contributed by atoms with Crippen molar-refractivity contribution in [3.8, 4) is 0 Å². The molecule has 1 nitrogen and oxygen atoms in total. The summed E-state index contributed by atoms with van der Waals surface area (Å²) in [7, 11) is 0. The van der Waals surface area contributed by atoms with Gasteiger partial charge in [0.25, 0.3) is 0 Å². The van der Waals surface area contributed by atoms with Crippen LogP contribution in [0.25, 0.3) is 0 Å². The molecule has 0 bridgehead atoms. The Labute approximate surface area is 82.7 Å². The van der Waals surface area contributed by atoms with Gasteiger partial charge < -0.3 is 0 Å². The highest BCUT2D eigenvalue weighted by atomic mass is 35.5. The molecule has 1 aromatic carbocycles. The summed E-state index contributed by atoms with van der Waals surface area (Å²) in [5.41, 5.74) is 3.11. The highest BCUT2D eigenvalue weighted by molar-refractivity contribution is 6.31. The third-order valence-corrected chi connectivity index (χ3v) is 3.07. The van der Waals surface area contributed by atoms with E-state index in [1.807, 2.05) is 19.1 Å². The second-order valence-electron chi connectivity index (χ2n) is 3.48. The van der Waals surface area contributed by atoms with Crippen molar-refractivity contribution in [1.82, 2.24) is 0 Å². The summed E-state index contributed by atoms with van der Waals surface area (Å²) in [6.07, 6.45) is 2.65. The zero-order chi connectivity index (χ0) is 9.42. The van der Waals surface area contributed by atoms with Crippen molar-refractivity contribution >= 4 is 17.4 Å². The quantitative estimate of drug-likeness (QED) is 0.620. The molecule has 0 N–H and O–H groups in total. The number of rotatable bonds is 0. The standard InChI is InChI=1S/C11H11ClO/c1-7-8-3-2-4-11(13)9(8)5-6-10(7)12/h5-6H,2-4H2,1H3. The summed E-state index contributed by atoms with van der Waals surface area (Å²) in [5, 5.41) is 0.772. The number of carbonyl (C=O) groups excluding carboxylic acids is 1. The number of benzene rings is 1. The smallest absolute Gasteiger partial charge is 0.163 e. The minimum Gasteiger partial charge on any atom is -0.294 e. The van der Waals surface area contributed by atoms with Gasteiger partial charge >= 0.3 is 0 Å². The molecule has 13 heavy (non-hydrogen) atoms. The normalized spacial score (nSPS) is 15.7. The zero-order valence-electron chi connectivity index (χ0n) is 7.56. The fourth-order valence-electron chi connectivity index (χ4n) is 1.87. The van der Waals surface area contributed by atoms with Crippen LogP contribution >= 0.6 is 11.6 Å². The van der Waals surface area contributed by atoms with E-state index in [2.05, 4.69) is 0 Å². The molecular weight excluding hydrogens is 184 g/mol. The van der Waals surface area contributed by atoms with Crippen LogP contribution in [0.15, 0.2) is 12.1 Å². The molecule has 0 aliphatic heterocycles. The molecule has 0 saturated carbocycles. The lowest BCUT2D eigenvalue weighted by Gasteiger charge is -2.17. The number of carbonyl (C=O) groups is 1. The first kappa shape index (κ1) is 8.76. The molecule has 0 heterocycles. The van der Waals surface area contributed by atoms with Crippen molar-refractivity contribution in [2.24, 2.45) is 0 Å². The van der Waals surface area contributed by atoms with E-state index in [0.29, 0.717) is 6.42 Å². The summed E-state index contributed by atoms with van der Waals surface area (Å²) >= 11 is 5.98. The second kappa shape index (κ2) is 3.15. The van der Waals surface area contributed by atoms with Crippen molar-refractivity contribution in [2.45, 2.75) is 26.2 Å². The Balaban J connectivity index is 2.63. The average Bonchev–Trinajstić information content (AvgIpc) is 2.12. The molecule has 0 atom stereocenters. The van der Waals surface area contributed by atoms with Crippen molar-refractivity contribution < 1.29 is 4.79 Å². The third kappa shape index (κ3) is 1.37. The second-order valence-corrected chi connectivity index (χ2v) is 3.88. The third-order valence-electron chi connectivity index (χ3n) is 2.66. The number of Topliss-reactive ketones (excluding diaryl/α,β-unsaturated/α-hetero) is 1. The fourth-order valence-corrected chi connectivity index (χ4v) is 2.05. The van der Waals surface area contributed by atoms with Crippen LogP contribution in [0.3, 0.4) is 0 Å². The molecular formula is C11H11ClO. The van der Waals surface area contributed by atoms with Crippen LogP contribution in [0.4, 0.5) is 0 Å². The van der Waals surface area contributed by atoms with Crippen LogP contribution in [-0.2, 0) is 6.42 Å². The Morgan fingerprint density at radius 3 is 2.85 bits per heavy atom. The van der Waals surface area contributed by atoms with Gasteiger partial charge in [0.15, 0.2) is 5.78 Å². The van der Waals surface area contributed by atoms with E-state index >= 15 is 0 Å². The number of ketones is 1. The van der Waals surface area contributed by atoms with Gasteiger partial charge in [-0.1, -0.05) is 11.6 Å². The van der Waals surface area contributed by atoms with Crippen LogP contribution in [-0.4, -0.2) is 5.78 Å². The van der Waals surface area contributed by atoms with Crippen LogP contribution in [0, 0.1) is 6.92 Å². The summed E-state index contributed by atoms with van der Waals surface area (Å²) in [4.78, 5) is 11.5. The highest BCUT2D eigenvalue weighted by Gasteiger charge is 2.19. The van der Waals surface area contributed by atoms with Gasteiger partial charge in [-0.2, -0.15) is 0 Å². The van der Waals surface area contributed by atoms with Gasteiger partial charge in [0.2, 0.25) is 0 Å². The summed E-state index contributed by atoms with van der Waals surface area (Å²) in [6, 6.07) is 3.67. The lowest BCUT2D eigenvalue weighted by molar-refractivity contribution is 0.0972. The molecule has 0 saturated heterocycles. The van der Waals surface area contributed by atoms with E-state index in [9.17, 15) is 4.79 Å². The van der Waals surface area contributed by atoms with Crippen LogP contribution in [0.2, 0.25) is 5.02 Å². The number of hydrogen-bond acceptors (Lipinski definition) is 1. The highest BCUT2D eigenvalue weighted by Crippen LogP contribution is 2.28. The van der Waals surface area contributed by atoms with Gasteiger partial charge in [0.1, 0.15) is 0 Å².